The zero-order valence-corrected chi connectivity index (χ0v) is 25.0. The molecule has 216 valence electrons. The number of amides is 1. The molecule has 2 aromatic carbocycles. The van der Waals surface area contributed by atoms with E-state index in [9.17, 15) is 10.1 Å². The van der Waals surface area contributed by atoms with Crippen molar-refractivity contribution in [1.29, 1.82) is 5.26 Å². The Bertz CT molecular complexity index is 1980. The third-order valence-corrected chi connectivity index (χ3v) is 8.92. The number of piperidine rings is 1. The van der Waals surface area contributed by atoms with Gasteiger partial charge in [-0.3, -0.25) is 9.78 Å². The minimum absolute atomic E-state index is 0.112. The lowest BCUT2D eigenvalue weighted by atomic mass is 9.94. The number of hydrogen-bond donors (Lipinski definition) is 0. The van der Waals surface area contributed by atoms with Crippen molar-refractivity contribution in [2.45, 2.75) is 45.2 Å². The minimum atomic E-state index is -0.584. The third kappa shape index (κ3) is 4.81. The van der Waals surface area contributed by atoms with Crippen molar-refractivity contribution in [3.05, 3.63) is 82.4 Å². The molecule has 8 nitrogen and oxygen atoms in total. The molecule has 0 radical (unpaired) electrons. The largest absolute Gasteiger partial charge is 0.335 e. The van der Waals surface area contributed by atoms with Crippen LogP contribution < -0.4 is 0 Å². The second kappa shape index (κ2) is 11.4. The second-order valence-electron chi connectivity index (χ2n) is 10.6. The molecule has 1 saturated heterocycles. The second-order valence-corrected chi connectivity index (χ2v) is 11.4. The Balaban J connectivity index is 1.63. The quantitative estimate of drug-likeness (QED) is 0.191. The van der Waals surface area contributed by atoms with Gasteiger partial charge in [-0.1, -0.05) is 47.1 Å². The standard InChI is InChI=1S/C32H26Cl2FN7O/c1-4-26(43)41-14-11-20(15-19(41)10-12-36)42-32-23-16-25(34)27(21-7-5-9-24(33)17(21)2)28(35)29(23)38-30(31(32)39-40-42)22-8-6-13-37-18(22)3/h4-9,13,16,19-20H,1,10-11,14-15H2,2-3H3/t19-,20+/m1/s1. The van der Waals surface area contributed by atoms with E-state index in [2.05, 4.69) is 27.9 Å². The molecule has 0 spiro atoms. The molecule has 3 aromatic heterocycles. The van der Waals surface area contributed by atoms with Gasteiger partial charge in [0, 0.05) is 46.0 Å². The normalized spacial score (nSPS) is 16.9. The first-order valence-corrected chi connectivity index (χ1v) is 14.5. The van der Waals surface area contributed by atoms with Crippen LogP contribution in [0.2, 0.25) is 10.0 Å². The maximum atomic E-state index is 16.7. The number of pyridine rings is 2. The zero-order valence-electron chi connectivity index (χ0n) is 23.5. The van der Waals surface area contributed by atoms with Crippen molar-refractivity contribution in [1.82, 2.24) is 29.9 Å². The molecule has 0 aliphatic carbocycles. The summed E-state index contributed by atoms with van der Waals surface area (Å²) in [7, 11) is 0. The van der Waals surface area contributed by atoms with Crippen LogP contribution in [0.5, 0.6) is 0 Å². The average Bonchev–Trinajstić information content (AvgIpc) is 3.45. The molecule has 0 bridgehead atoms. The first-order chi connectivity index (χ1) is 20.7. The minimum Gasteiger partial charge on any atom is -0.335 e. The fourth-order valence-electron chi connectivity index (χ4n) is 6.03. The number of likely N-dealkylation sites (tertiary alicyclic amines) is 1. The Morgan fingerprint density at radius 2 is 1.98 bits per heavy atom. The summed E-state index contributed by atoms with van der Waals surface area (Å²) in [4.78, 5) is 23.4. The average molecular weight is 615 g/mol. The smallest absolute Gasteiger partial charge is 0.246 e. The van der Waals surface area contributed by atoms with Crippen LogP contribution >= 0.6 is 23.2 Å². The number of halogens is 3. The van der Waals surface area contributed by atoms with Crippen LogP contribution in [0.3, 0.4) is 0 Å². The number of nitrogens with zero attached hydrogens (tertiary/aromatic N) is 7. The summed E-state index contributed by atoms with van der Waals surface area (Å²) in [5, 5.41) is 19.8. The number of nitriles is 1. The first kappa shape index (κ1) is 28.7. The van der Waals surface area contributed by atoms with Crippen molar-refractivity contribution < 1.29 is 9.18 Å². The van der Waals surface area contributed by atoms with E-state index < -0.39 is 5.82 Å². The number of carbonyl (C=O) groups is 1. The van der Waals surface area contributed by atoms with Gasteiger partial charge in [0.15, 0.2) is 5.82 Å². The molecule has 4 heterocycles. The molecule has 0 saturated carbocycles. The monoisotopic (exact) mass is 613 g/mol. The van der Waals surface area contributed by atoms with Crippen molar-refractivity contribution in [3.8, 4) is 28.5 Å². The van der Waals surface area contributed by atoms with Gasteiger partial charge in [-0.15, -0.1) is 5.10 Å². The van der Waals surface area contributed by atoms with E-state index in [1.807, 2.05) is 19.9 Å². The van der Waals surface area contributed by atoms with Crippen LogP contribution in [-0.4, -0.2) is 48.4 Å². The van der Waals surface area contributed by atoms with Crippen molar-refractivity contribution >= 4 is 51.0 Å². The van der Waals surface area contributed by atoms with E-state index in [1.54, 1.807) is 46.1 Å². The van der Waals surface area contributed by atoms with Gasteiger partial charge in [0.2, 0.25) is 5.91 Å². The fraction of sp³-hybridized carbons (Fsp3) is 0.250. The van der Waals surface area contributed by atoms with Crippen LogP contribution in [0.15, 0.2) is 55.3 Å². The van der Waals surface area contributed by atoms with Gasteiger partial charge >= 0.3 is 0 Å². The predicted molar refractivity (Wildman–Crippen MR) is 165 cm³/mol. The summed E-state index contributed by atoms with van der Waals surface area (Å²) < 4.78 is 18.5. The van der Waals surface area contributed by atoms with Gasteiger partial charge in [0.05, 0.1) is 23.6 Å². The molecule has 6 rings (SSSR count). The molecule has 43 heavy (non-hydrogen) atoms. The Kier molecular flexibility index (Phi) is 7.59. The lowest BCUT2D eigenvalue weighted by molar-refractivity contribution is -0.130. The molecule has 1 fully saturated rings. The molecule has 0 unspecified atom stereocenters. The van der Waals surface area contributed by atoms with Gasteiger partial charge in [-0.05, 0) is 68.2 Å². The topological polar surface area (TPSA) is 101 Å². The van der Waals surface area contributed by atoms with Crippen molar-refractivity contribution in [3.63, 3.8) is 0 Å². The molecular formula is C32H26Cl2FN7O. The molecule has 11 heteroatoms. The fourth-order valence-corrected chi connectivity index (χ4v) is 6.50. The summed E-state index contributed by atoms with van der Waals surface area (Å²) in [6, 6.07) is 12.3. The highest BCUT2D eigenvalue weighted by Gasteiger charge is 2.34. The number of carbonyl (C=O) groups excluding carboxylic acids is 1. The summed E-state index contributed by atoms with van der Waals surface area (Å²) in [5.74, 6) is -0.803. The number of aryl methyl sites for hydroxylation is 1. The summed E-state index contributed by atoms with van der Waals surface area (Å²) >= 11 is 13.2. The molecule has 0 N–H and O–H groups in total. The highest BCUT2D eigenvalue weighted by molar-refractivity contribution is 6.35. The highest BCUT2D eigenvalue weighted by atomic mass is 35.5. The van der Waals surface area contributed by atoms with Gasteiger partial charge in [-0.25, -0.2) is 14.1 Å². The number of rotatable bonds is 5. The van der Waals surface area contributed by atoms with Crippen molar-refractivity contribution in [2.24, 2.45) is 0 Å². The van der Waals surface area contributed by atoms with E-state index in [0.717, 1.165) is 0 Å². The van der Waals surface area contributed by atoms with Gasteiger partial charge in [0.1, 0.15) is 22.2 Å². The van der Waals surface area contributed by atoms with Gasteiger partial charge in [0.25, 0.3) is 0 Å². The maximum Gasteiger partial charge on any atom is 0.246 e. The third-order valence-electron chi connectivity index (χ3n) is 8.21. The number of aromatic nitrogens is 5. The predicted octanol–water partition coefficient (Wildman–Crippen LogP) is 7.40. The molecule has 5 aromatic rings. The zero-order chi connectivity index (χ0) is 30.4. The van der Waals surface area contributed by atoms with E-state index in [-0.39, 0.29) is 40.5 Å². The lowest BCUT2D eigenvalue weighted by Crippen LogP contribution is -2.45. The molecular weight excluding hydrogens is 588 g/mol. The number of hydrogen-bond acceptors (Lipinski definition) is 6. The summed E-state index contributed by atoms with van der Waals surface area (Å²) in [5.41, 5.74) is 4.49. The van der Waals surface area contributed by atoms with E-state index >= 15 is 4.39 Å². The molecule has 1 amide bonds. The van der Waals surface area contributed by atoms with Crippen LogP contribution in [0, 0.1) is 31.0 Å². The Labute approximate surface area is 257 Å². The Morgan fingerprint density at radius 1 is 1.19 bits per heavy atom. The first-order valence-electron chi connectivity index (χ1n) is 13.8. The van der Waals surface area contributed by atoms with E-state index in [0.29, 0.717) is 68.9 Å². The number of benzene rings is 2. The van der Waals surface area contributed by atoms with Crippen LogP contribution in [0.25, 0.3) is 44.3 Å². The highest BCUT2D eigenvalue weighted by Crippen LogP contribution is 2.43. The van der Waals surface area contributed by atoms with Crippen LogP contribution in [0.1, 0.15) is 36.6 Å². The number of fused-ring (bicyclic) bond motifs is 3. The van der Waals surface area contributed by atoms with Crippen LogP contribution in [-0.2, 0) is 4.79 Å². The van der Waals surface area contributed by atoms with E-state index in [1.165, 1.54) is 6.08 Å². The Hall–Kier alpha value is -4.39. The Morgan fingerprint density at radius 3 is 2.72 bits per heavy atom. The summed E-state index contributed by atoms with van der Waals surface area (Å²) in [6.07, 6.45) is 4.13. The molecule has 1 aliphatic rings. The van der Waals surface area contributed by atoms with Crippen molar-refractivity contribution in [2.75, 3.05) is 6.54 Å². The van der Waals surface area contributed by atoms with E-state index in [4.69, 9.17) is 28.2 Å². The lowest BCUT2D eigenvalue weighted by Gasteiger charge is -2.38. The van der Waals surface area contributed by atoms with Gasteiger partial charge < -0.3 is 4.90 Å². The van der Waals surface area contributed by atoms with Crippen LogP contribution in [0.4, 0.5) is 4.39 Å². The molecule has 1 aliphatic heterocycles. The summed E-state index contributed by atoms with van der Waals surface area (Å²) in [6.45, 7) is 7.69. The van der Waals surface area contributed by atoms with Gasteiger partial charge in [-0.2, -0.15) is 5.26 Å². The maximum absolute atomic E-state index is 16.7. The molecule has 2 atom stereocenters. The SMILES string of the molecule is C=CC(=O)N1CC[C@H](n2nnc3c(-c4cccnc4C)nc4c(F)c(-c5cccc(Cl)c5C)c(Cl)cc4c32)C[C@H]1CC#N.